The summed E-state index contributed by atoms with van der Waals surface area (Å²) >= 11 is 0. The van der Waals surface area contributed by atoms with E-state index in [2.05, 4.69) is 18.2 Å². The number of hydrogen-bond donors (Lipinski definition) is 0. The minimum Gasteiger partial charge on any atom is -0.377 e. The summed E-state index contributed by atoms with van der Waals surface area (Å²) in [5.74, 6) is 0. The highest BCUT2D eigenvalue weighted by molar-refractivity contribution is 6.60. The van der Waals surface area contributed by atoms with Crippen LogP contribution in [0.25, 0.3) is 0 Å². The third-order valence-corrected chi connectivity index (χ3v) is 6.81. The van der Waals surface area contributed by atoms with Gasteiger partial charge in [-0.25, -0.2) is 0 Å². The fourth-order valence-corrected chi connectivity index (χ4v) is 4.42. The standard InChI is InChI=1S/C16H30O3Si/c1-17-20(18-2,19-3)15-11-7-5-4-6-8-12-16-13-9-10-14-16/h9,13-14H,4-8,10-12,15H2,1-3H3. The molecule has 0 aromatic heterocycles. The van der Waals surface area contributed by atoms with Gasteiger partial charge in [0.25, 0.3) is 0 Å². The predicted octanol–water partition coefficient (Wildman–Crippen LogP) is 4.48. The summed E-state index contributed by atoms with van der Waals surface area (Å²) in [5, 5.41) is 0. The first-order valence-electron chi connectivity index (χ1n) is 7.77. The van der Waals surface area contributed by atoms with Crippen molar-refractivity contribution in [3.63, 3.8) is 0 Å². The Balaban J connectivity index is 1.95. The number of allylic oxidation sites excluding steroid dienone is 4. The van der Waals surface area contributed by atoms with Gasteiger partial charge >= 0.3 is 8.80 Å². The van der Waals surface area contributed by atoms with Gasteiger partial charge in [-0.05, 0) is 25.7 Å². The second-order valence-electron chi connectivity index (χ2n) is 5.33. The van der Waals surface area contributed by atoms with Crippen molar-refractivity contribution in [2.75, 3.05) is 21.3 Å². The first kappa shape index (κ1) is 17.6. The molecule has 0 aromatic rings. The zero-order valence-electron chi connectivity index (χ0n) is 13.3. The van der Waals surface area contributed by atoms with Crippen LogP contribution in [-0.2, 0) is 13.3 Å². The highest BCUT2D eigenvalue weighted by Crippen LogP contribution is 2.20. The number of rotatable bonds is 12. The Morgan fingerprint density at radius 2 is 1.50 bits per heavy atom. The van der Waals surface area contributed by atoms with E-state index in [1.165, 1.54) is 44.1 Å². The van der Waals surface area contributed by atoms with Crippen molar-refractivity contribution < 1.29 is 13.3 Å². The monoisotopic (exact) mass is 298 g/mol. The summed E-state index contributed by atoms with van der Waals surface area (Å²) in [4.78, 5) is 0. The lowest BCUT2D eigenvalue weighted by molar-refractivity contribution is 0.122. The summed E-state index contributed by atoms with van der Waals surface area (Å²) in [5.41, 5.74) is 1.53. The Bertz CT molecular complexity index is 301. The average Bonchev–Trinajstić information content (AvgIpc) is 3.00. The smallest absolute Gasteiger partial charge is 0.377 e. The largest absolute Gasteiger partial charge is 0.500 e. The van der Waals surface area contributed by atoms with Gasteiger partial charge in [0.15, 0.2) is 0 Å². The summed E-state index contributed by atoms with van der Waals surface area (Å²) in [6.07, 6.45) is 16.9. The summed E-state index contributed by atoms with van der Waals surface area (Å²) in [6, 6.07) is 0.925. The molecular formula is C16H30O3Si. The Kier molecular flexibility index (Phi) is 9.10. The molecule has 0 spiro atoms. The van der Waals surface area contributed by atoms with E-state index in [0.717, 1.165) is 18.9 Å². The quantitative estimate of drug-likeness (QED) is 0.393. The van der Waals surface area contributed by atoms with Crippen LogP contribution in [0.5, 0.6) is 0 Å². The molecule has 0 N–H and O–H groups in total. The van der Waals surface area contributed by atoms with E-state index in [0.29, 0.717) is 0 Å². The van der Waals surface area contributed by atoms with Crippen LogP contribution in [-0.4, -0.2) is 30.1 Å². The molecule has 0 saturated heterocycles. The van der Waals surface area contributed by atoms with E-state index in [9.17, 15) is 0 Å². The SMILES string of the molecule is CO[Si](CCCCCCCCC1=CCC=C1)(OC)OC. The molecule has 0 aliphatic heterocycles. The van der Waals surface area contributed by atoms with Gasteiger partial charge in [-0.1, -0.05) is 49.5 Å². The zero-order valence-corrected chi connectivity index (χ0v) is 14.3. The Labute approximate surface area is 125 Å². The summed E-state index contributed by atoms with van der Waals surface area (Å²) in [6.45, 7) is 0. The van der Waals surface area contributed by atoms with Gasteiger partial charge in [-0.15, -0.1) is 0 Å². The third-order valence-electron chi connectivity index (χ3n) is 3.98. The van der Waals surface area contributed by atoms with Crippen molar-refractivity contribution >= 4 is 8.80 Å². The molecule has 0 fully saturated rings. The summed E-state index contributed by atoms with van der Waals surface area (Å²) in [7, 11) is 2.73. The van der Waals surface area contributed by atoms with Gasteiger partial charge in [0, 0.05) is 27.4 Å². The minimum absolute atomic E-state index is 0.925. The highest BCUT2D eigenvalue weighted by Gasteiger charge is 2.36. The van der Waals surface area contributed by atoms with Crippen LogP contribution < -0.4 is 0 Å². The van der Waals surface area contributed by atoms with Gasteiger partial charge in [-0.3, -0.25) is 0 Å². The molecule has 0 unspecified atom stereocenters. The average molecular weight is 298 g/mol. The van der Waals surface area contributed by atoms with Crippen molar-refractivity contribution in [1.82, 2.24) is 0 Å². The van der Waals surface area contributed by atoms with E-state index in [-0.39, 0.29) is 0 Å². The lowest BCUT2D eigenvalue weighted by Gasteiger charge is -2.24. The maximum atomic E-state index is 5.42. The molecule has 0 atom stereocenters. The van der Waals surface area contributed by atoms with Crippen LogP contribution in [0.1, 0.15) is 51.4 Å². The van der Waals surface area contributed by atoms with Crippen molar-refractivity contribution in [2.24, 2.45) is 0 Å². The van der Waals surface area contributed by atoms with E-state index < -0.39 is 8.80 Å². The molecule has 3 nitrogen and oxygen atoms in total. The van der Waals surface area contributed by atoms with Crippen LogP contribution in [0.15, 0.2) is 23.8 Å². The van der Waals surface area contributed by atoms with Gasteiger partial charge in [0.1, 0.15) is 0 Å². The van der Waals surface area contributed by atoms with Crippen LogP contribution >= 0.6 is 0 Å². The van der Waals surface area contributed by atoms with Gasteiger partial charge in [-0.2, -0.15) is 0 Å². The molecule has 0 bridgehead atoms. The first-order valence-corrected chi connectivity index (χ1v) is 9.70. The first-order chi connectivity index (χ1) is 9.76. The molecular weight excluding hydrogens is 268 g/mol. The van der Waals surface area contributed by atoms with E-state index in [1.807, 2.05) is 0 Å². The number of hydrogen-bond acceptors (Lipinski definition) is 3. The van der Waals surface area contributed by atoms with Crippen LogP contribution in [0.4, 0.5) is 0 Å². The zero-order chi connectivity index (χ0) is 14.7. The molecule has 4 heteroatoms. The maximum Gasteiger partial charge on any atom is 0.500 e. The fourth-order valence-electron chi connectivity index (χ4n) is 2.63. The minimum atomic E-state index is -2.33. The molecule has 20 heavy (non-hydrogen) atoms. The molecule has 1 rings (SSSR count). The number of unbranched alkanes of at least 4 members (excludes halogenated alkanes) is 5. The molecule has 0 amide bonds. The molecule has 1 aliphatic rings. The van der Waals surface area contributed by atoms with E-state index >= 15 is 0 Å². The van der Waals surface area contributed by atoms with Crippen LogP contribution in [0, 0.1) is 0 Å². The molecule has 116 valence electrons. The van der Waals surface area contributed by atoms with Crippen molar-refractivity contribution in [3.8, 4) is 0 Å². The lowest BCUT2D eigenvalue weighted by Crippen LogP contribution is -2.42. The predicted molar refractivity (Wildman–Crippen MR) is 85.7 cm³/mol. The summed E-state index contributed by atoms with van der Waals surface area (Å²) < 4.78 is 16.3. The van der Waals surface area contributed by atoms with Crippen molar-refractivity contribution in [1.29, 1.82) is 0 Å². The second-order valence-corrected chi connectivity index (χ2v) is 8.42. The Morgan fingerprint density at radius 1 is 0.900 bits per heavy atom. The molecule has 1 aliphatic carbocycles. The van der Waals surface area contributed by atoms with Gasteiger partial charge in [0.2, 0.25) is 0 Å². The van der Waals surface area contributed by atoms with Gasteiger partial charge < -0.3 is 13.3 Å². The second kappa shape index (κ2) is 10.3. The van der Waals surface area contributed by atoms with Crippen molar-refractivity contribution in [3.05, 3.63) is 23.8 Å². The highest BCUT2D eigenvalue weighted by atomic mass is 28.4. The maximum absolute atomic E-state index is 5.42. The Morgan fingerprint density at radius 3 is 2.05 bits per heavy atom. The molecule has 0 aromatic carbocycles. The Hall–Kier alpha value is -0.423. The lowest BCUT2D eigenvalue weighted by atomic mass is 10.1. The van der Waals surface area contributed by atoms with E-state index in [4.69, 9.17) is 13.3 Å². The molecule has 0 heterocycles. The molecule has 0 saturated carbocycles. The topological polar surface area (TPSA) is 27.7 Å². The third kappa shape index (κ3) is 6.35. The van der Waals surface area contributed by atoms with Crippen molar-refractivity contribution in [2.45, 2.75) is 57.4 Å². The van der Waals surface area contributed by atoms with Gasteiger partial charge in [0.05, 0.1) is 0 Å². The molecule has 0 radical (unpaired) electrons. The van der Waals surface area contributed by atoms with Crippen LogP contribution in [0.2, 0.25) is 6.04 Å². The van der Waals surface area contributed by atoms with E-state index in [1.54, 1.807) is 21.3 Å². The normalized spacial score (nSPS) is 14.8. The fraction of sp³-hybridized carbons (Fsp3) is 0.750. The van der Waals surface area contributed by atoms with Crippen LogP contribution in [0.3, 0.4) is 0 Å².